The van der Waals surface area contributed by atoms with E-state index in [1.54, 1.807) is 0 Å². The van der Waals surface area contributed by atoms with Crippen molar-refractivity contribution in [1.82, 2.24) is 0 Å². The van der Waals surface area contributed by atoms with E-state index in [1.165, 1.54) is 244 Å². The van der Waals surface area contributed by atoms with Gasteiger partial charge in [0, 0.05) is 12.8 Å². The number of nitrogens with zero attached hydrogens (tertiary/aromatic N) is 1. The zero-order valence-corrected chi connectivity index (χ0v) is 60.5. The molecule has 2 atom stereocenters. The van der Waals surface area contributed by atoms with E-state index in [0.717, 1.165) is 83.5 Å². The van der Waals surface area contributed by atoms with E-state index in [2.05, 4.69) is 98.9 Å². The van der Waals surface area contributed by atoms with Crippen molar-refractivity contribution in [3.05, 3.63) is 85.1 Å². The molecule has 0 heterocycles. The number of carboxylic acid groups (broad SMARTS) is 1. The number of carbonyl (C=O) groups excluding carboxylic acids is 3. The molecule has 0 aromatic rings. The van der Waals surface area contributed by atoms with Crippen LogP contribution in [0.15, 0.2) is 85.1 Å². The van der Waals surface area contributed by atoms with E-state index in [1.807, 2.05) is 21.1 Å². The fraction of sp³-hybridized carbons (Fsp3) is 0.793. The van der Waals surface area contributed by atoms with Crippen molar-refractivity contribution in [1.29, 1.82) is 0 Å². The van der Waals surface area contributed by atoms with Crippen molar-refractivity contribution in [2.75, 3.05) is 47.5 Å². The Kier molecular flexibility index (Phi) is 69.5. The minimum absolute atomic E-state index is 0.145. The Balaban J connectivity index is 4.02. The lowest BCUT2D eigenvalue weighted by Crippen LogP contribution is -2.44. The number of aliphatic carboxylic acids is 1. The molecule has 0 aromatic heterocycles. The third kappa shape index (κ3) is 73.7. The number of likely N-dealkylation sites (N-methyl/N-ethyl adjacent to an activating group) is 1. The molecule has 528 valence electrons. The maximum atomic E-state index is 13.0. The van der Waals surface area contributed by atoms with Gasteiger partial charge in [-0.2, -0.15) is 0 Å². The third-order valence-electron chi connectivity index (χ3n) is 17.1. The number of unbranched alkanes of at least 4 members (excludes halogenated alkanes) is 43. The molecule has 0 amide bonds. The van der Waals surface area contributed by atoms with Crippen LogP contribution >= 0.6 is 0 Å². The summed E-state index contributed by atoms with van der Waals surface area (Å²) in [6.07, 6.45) is 95.6. The standard InChI is InChI=1S/C82H147NO8/c1-6-8-10-12-14-16-18-20-22-24-26-28-30-32-34-36-37-38-39-40-41-42-43-45-46-48-50-52-54-56-58-60-62-64-66-68-70-72-79(84)89-76-78(77-90-82(81(86)87)88-75-74-83(3,4)5)91-80(85)73-71-69-67-65-63-61-59-57-55-53-51-49-47-44-35-33-31-29-27-25-23-21-19-17-15-13-11-9-7-2/h9,11,15,17,21,23-24,26-27,29,33,35,47,49,78,82H,6-8,10,12-14,16,18-20,22,25,28,30-32,34,36-46,48,50-77H2,1-5H3/b11-9-,17-15-,23-21-,26-24-,29-27-,35-33-,49-47-. The van der Waals surface area contributed by atoms with E-state index in [0.29, 0.717) is 23.9 Å². The Morgan fingerprint density at radius 1 is 0.341 bits per heavy atom. The highest BCUT2D eigenvalue weighted by Crippen LogP contribution is 2.19. The van der Waals surface area contributed by atoms with Crippen LogP contribution < -0.4 is 5.11 Å². The van der Waals surface area contributed by atoms with Crippen LogP contribution in [-0.4, -0.2) is 82.3 Å². The smallest absolute Gasteiger partial charge is 0.306 e. The number of hydrogen-bond acceptors (Lipinski definition) is 8. The van der Waals surface area contributed by atoms with Crippen molar-refractivity contribution in [3.63, 3.8) is 0 Å². The average molecular weight is 1280 g/mol. The van der Waals surface area contributed by atoms with Crippen LogP contribution in [0.1, 0.15) is 361 Å². The van der Waals surface area contributed by atoms with E-state index in [9.17, 15) is 19.5 Å². The second-order valence-corrected chi connectivity index (χ2v) is 27.3. The van der Waals surface area contributed by atoms with Crippen molar-refractivity contribution in [3.8, 4) is 0 Å². The fourth-order valence-electron chi connectivity index (χ4n) is 11.2. The first-order valence-corrected chi connectivity index (χ1v) is 38.7. The van der Waals surface area contributed by atoms with E-state index < -0.39 is 24.3 Å². The number of carbonyl (C=O) groups is 3. The van der Waals surface area contributed by atoms with Gasteiger partial charge in [0.2, 0.25) is 0 Å². The minimum atomic E-state index is -1.63. The number of allylic oxidation sites excluding steroid dienone is 14. The lowest BCUT2D eigenvalue weighted by atomic mass is 10.0. The van der Waals surface area contributed by atoms with Gasteiger partial charge >= 0.3 is 11.9 Å². The first kappa shape index (κ1) is 87.5. The van der Waals surface area contributed by atoms with Gasteiger partial charge in [0.25, 0.3) is 0 Å². The second-order valence-electron chi connectivity index (χ2n) is 27.3. The highest BCUT2D eigenvalue weighted by atomic mass is 16.7. The van der Waals surface area contributed by atoms with Gasteiger partial charge in [-0.05, 0) is 89.9 Å². The fourth-order valence-corrected chi connectivity index (χ4v) is 11.2. The maximum absolute atomic E-state index is 13.0. The summed E-state index contributed by atoms with van der Waals surface area (Å²) in [5.74, 6) is -2.27. The lowest BCUT2D eigenvalue weighted by molar-refractivity contribution is -0.870. The Morgan fingerprint density at radius 2 is 0.626 bits per heavy atom. The lowest BCUT2D eigenvalue weighted by Gasteiger charge is -2.26. The molecule has 0 aromatic carbocycles. The van der Waals surface area contributed by atoms with Crippen LogP contribution in [0.3, 0.4) is 0 Å². The third-order valence-corrected chi connectivity index (χ3v) is 17.1. The summed E-state index contributed by atoms with van der Waals surface area (Å²) in [6.45, 7) is 4.67. The zero-order valence-electron chi connectivity index (χ0n) is 60.5. The van der Waals surface area contributed by atoms with Crippen LogP contribution in [0, 0.1) is 0 Å². The maximum Gasteiger partial charge on any atom is 0.306 e. The largest absolute Gasteiger partial charge is 0.545 e. The van der Waals surface area contributed by atoms with E-state index >= 15 is 0 Å². The summed E-state index contributed by atoms with van der Waals surface area (Å²) < 4.78 is 22.8. The molecule has 0 saturated heterocycles. The van der Waals surface area contributed by atoms with Crippen LogP contribution in [0.25, 0.3) is 0 Å². The summed E-state index contributed by atoms with van der Waals surface area (Å²) in [6, 6.07) is 0. The van der Waals surface area contributed by atoms with E-state index in [4.69, 9.17) is 18.9 Å². The molecule has 0 rings (SSSR count). The SMILES string of the molecule is CC/C=C\C/C=C\C/C=C\C/C=C\C/C=C\C/C=C\CCCCCCCCCCCCC(=O)OC(COC(=O)CCCCCCCCCCCCCCCCCCCCCCCCCCC/C=C\CCCCCCCCCC)COC(OCC[N+](C)(C)C)C(=O)[O-]. The van der Waals surface area contributed by atoms with Gasteiger partial charge in [0.05, 0.1) is 40.3 Å². The van der Waals surface area contributed by atoms with Crippen molar-refractivity contribution < 1.29 is 42.9 Å². The Labute approximate surface area is 563 Å². The molecule has 0 bridgehead atoms. The highest BCUT2D eigenvalue weighted by Gasteiger charge is 2.22. The Bertz CT molecular complexity index is 1770. The normalized spacial score (nSPS) is 13.1. The van der Waals surface area contributed by atoms with Crippen LogP contribution in [0.4, 0.5) is 0 Å². The van der Waals surface area contributed by atoms with Crippen LogP contribution in [0.2, 0.25) is 0 Å². The molecular weight excluding hydrogens is 1130 g/mol. The molecule has 0 radical (unpaired) electrons. The summed E-state index contributed by atoms with van der Waals surface area (Å²) in [4.78, 5) is 37.6. The molecule has 2 unspecified atom stereocenters. The zero-order chi connectivity index (χ0) is 66.1. The molecule has 9 nitrogen and oxygen atoms in total. The van der Waals surface area contributed by atoms with Gasteiger partial charge in [0.1, 0.15) is 13.2 Å². The number of quaternary nitrogens is 1. The van der Waals surface area contributed by atoms with E-state index in [-0.39, 0.29) is 32.2 Å². The molecule has 9 heteroatoms. The predicted octanol–water partition coefficient (Wildman–Crippen LogP) is 23.3. The van der Waals surface area contributed by atoms with Crippen molar-refractivity contribution in [2.24, 2.45) is 0 Å². The predicted molar refractivity (Wildman–Crippen MR) is 389 cm³/mol. The van der Waals surface area contributed by atoms with Gasteiger partial charge < -0.3 is 33.3 Å². The monoisotopic (exact) mass is 1270 g/mol. The number of esters is 2. The number of carboxylic acids is 1. The molecule has 0 fully saturated rings. The molecule has 0 saturated carbocycles. The van der Waals surface area contributed by atoms with Crippen molar-refractivity contribution >= 4 is 17.9 Å². The molecule has 0 aliphatic heterocycles. The van der Waals surface area contributed by atoms with Gasteiger partial charge in [-0.3, -0.25) is 9.59 Å². The summed E-state index contributed by atoms with van der Waals surface area (Å²) in [5.41, 5.74) is 0. The topological polar surface area (TPSA) is 111 Å². The minimum Gasteiger partial charge on any atom is -0.545 e. The van der Waals surface area contributed by atoms with Gasteiger partial charge in [-0.15, -0.1) is 0 Å². The molecular formula is C82H147NO8. The molecule has 0 N–H and O–H groups in total. The number of hydrogen-bond donors (Lipinski definition) is 0. The first-order chi connectivity index (χ1) is 44.6. The summed E-state index contributed by atoms with van der Waals surface area (Å²) in [7, 11) is 5.94. The molecule has 0 spiro atoms. The van der Waals surface area contributed by atoms with Gasteiger partial charge in [-0.25, -0.2) is 0 Å². The quantitative estimate of drug-likeness (QED) is 0.0195. The summed E-state index contributed by atoms with van der Waals surface area (Å²) in [5, 5.41) is 11.8. The van der Waals surface area contributed by atoms with Gasteiger partial charge in [0.15, 0.2) is 12.4 Å². The molecule has 91 heavy (non-hydrogen) atoms. The number of ether oxygens (including phenoxy) is 4. The van der Waals surface area contributed by atoms with Crippen molar-refractivity contribution in [2.45, 2.75) is 373 Å². The van der Waals surface area contributed by atoms with Crippen LogP contribution in [-0.2, 0) is 33.3 Å². The average Bonchev–Trinajstić information content (AvgIpc) is 3.66. The Hall–Kier alpha value is -3.53. The number of rotatable bonds is 72. The second kappa shape index (κ2) is 72.3. The molecule has 0 aliphatic rings. The summed E-state index contributed by atoms with van der Waals surface area (Å²) >= 11 is 0. The highest BCUT2D eigenvalue weighted by molar-refractivity contribution is 5.70. The van der Waals surface area contributed by atoms with Gasteiger partial charge in [-0.1, -0.05) is 343 Å². The molecule has 0 aliphatic carbocycles. The van der Waals surface area contributed by atoms with Crippen LogP contribution in [0.5, 0.6) is 0 Å². The Morgan fingerprint density at radius 3 is 0.945 bits per heavy atom. The first-order valence-electron chi connectivity index (χ1n) is 38.7.